The summed E-state index contributed by atoms with van der Waals surface area (Å²) in [5.41, 5.74) is 5.25. The number of hydrogen-bond donors (Lipinski definition) is 3. The van der Waals surface area contributed by atoms with E-state index in [9.17, 15) is 4.79 Å². The van der Waals surface area contributed by atoms with E-state index >= 15 is 0 Å². The molecule has 0 saturated heterocycles. The Morgan fingerprint density at radius 3 is 2.25 bits per heavy atom. The topological polar surface area (TPSA) is 87.7 Å². The Hall–Kier alpha value is -1.26. The lowest BCUT2D eigenvalue weighted by Crippen LogP contribution is -2.49. The van der Waals surface area contributed by atoms with Crippen molar-refractivity contribution in [3.05, 3.63) is 0 Å². The zero-order valence-electron chi connectivity index (χ0n) is 10.6. The predicted molar refractivity (Wildman–Crippen MR) is 64.3 cm³/mol. The Kier molecular flexibility index (Phi) is 5.85. The van der Waals surface area contributed by atoms with Crippen molar-refractivity contribution in [3.8, 4) is 0 Å². The number of nitrogens with one attached hydrogen (secondary N) is 1. The van der Waals surface area contributed by atoms with Crippen LogP contribution in [-0.4, -0.2) is 22.5 Å². The summed E-state index contributed by atoms with van der Waals surface area (Å²) < 4.78 is 0. The van der Waals surface area contributed by atoms with Gasteiger partial charge in [-0.1, -0.05) is 25.9 Å². The van der Waals surface area contributed by atoms with Crippen LogP contribution in [-0.2, 0) is 4.79 Å². The third-order valence-electron chi connectivity index (χ3n) is 3.18. The fraction of sp³-hybridized carbons (Fsp3) is 0.818. The number of carbonyl (C=O) groups is 1. The minimum Gasteiger partial charge on any atom is -0.409 e. The highest BCUT2D eigenvalue weighted by Crippen LogP contribution is 2.15. The summed E-state index contributed by atoms with van der Waals surface area (Å²) in [5.74, 6) is -0.763. The van der Waals surface area contributed by atoms with Crippen LogP contribution in [0, 0.1) is 5.92 Å². The predicted octanol–water partition coefficient (Wildman–Crippen LogP) is 1.45. The molecule has 5 nitrogen and oxygen atoms in total. The third-order valence-corrected chi connectivity index (χ3v) is 3.18. The molecule has 0 bridgehead atoms. The number of nitrogens with zero attached hydrogens (tertiary/aromatic N) is 1. The number of amidine groups is 1. The molecule has 1 amide bonds. The fourth-order valence-electron chi connectivity index (χ4n) is 1.41. The van der Waals surface area contributed by atoms with E-state index in [0.29, 0.717) is 6.42 Å². The second-order valence-electron chi connectivity index (χ2n) is 4.24. The maximum atomic E-state index is 11.9. The van der Waals surface area contributed by atoms with E-state index in [0.717, 1.165) is 12.8 Å². The van der Waals surface area contributed by atoms with Gasteiger partial charge in [0.15, 0.2) is 5.84 Å². The Balaban J connectivity index is 4.66. The average Bonchev–Trinajstić information content (AvgIpc) is 2.29. The van der Waals surface area contributed by atoms with Crippen molar-refractivity contribution in [3.63, 3.8) is 0 Å². The van der Waals surface area contributed by atoms with Crippen molar-refractivity contribution in [2.24, 2.45) is 16.8 Å². The quantitative estimate of drug-likeness (QED) is 0.279. The molecule has 0 aliphatic carbocycles. The first-order valence-corrected chi connectivity index (χ1v) is 5.73. The second kappa shape index (κ2) is 6.35. The van der Waals surface area contributed by atoms with Crippen LogP contribution >= 0.6 is 0 Å². The van der Waals surface area contributed by atoms with Crippen LogP contribution in [0.25, 0.3) is 0 Å². The van der Waals surface area contributed by atoms with Gasteiger partial charge in [0.2, 0.25) is 5.91 Å². The zero-order chi connectivity index (χ0) is 12.8. The summed E-state index contributed by atoms with van der Waals surface area (Å²) in [7, 11) is 0. The highest BCUT2D eigenvalue weighted by atomic mass is 16.4. The van der Waals surface area contributed by atoms with Gasteiger partial charge in [0.1, 0.15) is 0 Å². The Morgan fingerprint density at radius 2 is 1.94 bits per heavy atom. The van der Waals surface area contributed by atoms with Gasteiger partial charge in [0.05, 0.1) is 5.92 Å². The maximum Gasteiger partial charge on any atom is 0.231 e. The van der Waals surface area contributed by atoms with Crippen LogP contribution in [0.5, 0.6) is 0 Å². The number of hydrogen-bond acceptors (Lipinski definition) is 3. The van der Waals surface area contributed by atoms with Gasteiger partial charge in [-0.15, -0.1) is 0 Å². The van der Waals surface area contributed by atoms with E-state index in [-0.39, 0.29) is 17.3 Å². The lowest BCUT2D eigenvalue weighted by Gasteiger charge is -2.30. The molecule has 0 radical (unpaired) electrons. The van der Waals surface area contributed by atoms with Gasteiger partial charge < -0.3 is 16.3 Å². The number of carbonyl (C=O) groups excluding carboxylic acids is 1. The molecule has 1 unspecified atom stereocenters. The SMILES string of the molecule is CCC(C(=O)NC(C)(CC)CC)C(N)=NO. The smallest absolute Gasteiger partial charge is 0.231 e. The minimum absolute atomic E-state index is 0.0328. The van der Waals surface area contributed by atoms with E-state index < -0.39 is 5.92 Å². The molecular formula is C11H23N3O2. The van der Waals surface area contributed by atoms with Gasteiger partial charge in [-0.3, -0.25) is 4.79 Å². The molecule has 94 valence electrons. The number of amides is 1. The highest BCUT2D eigenvalue weighted by molar-refractivity contribution is 6.02. The third kappa shape index (κ3) is 3.72. The van der Waals surface area contributed by atoms with Gasteiger partial charge in [0, 0.05) is 5.54 Å². The maximum absolute atomic E-state index is 11.9. The molecule has 1 atom stereocenters. The first-order chi connectivity index (χ1) is 7.44. The van der Waals surface area contributed by atoms with Crippen LogP contribution in [0.15, 0.2) is 5.16 Å². The van der Waals surface area contributed by atoms with Gasteiger partial charge in [0.25, 0.3) is 0 Å². The Morgan fingerprint density at radius 1 is 1.44 bits per heavy atom. The standard InChI is InChI=1S/C11H23N3O2/c1-5-8(9(12)14-16)10(15)13-11(4,6-2)7-3/h8,16H,5-7H2,1-4H3,(H2,12,14)(H,13,15). The summed E-state index contributed by atoms with van der Waals surface area (Å²) in [6.07, 6.45) is 2.22. The Labute approximate surface area is 97.1 Å². The van der Waals surface area contributed by atoms with E-state index in [1.54, 1.807) is 0 Å². The van der Waals surface area contributed by atoms with E-state index in [2.05, 4.69) is 10.5 Å². The lowest BCUT2D eigenvalue weighted by molar-refractivity contribution is -0.125. The van der Waals surface area contributed by atoms with Gasteiger partial charge in [-0.2, -0.15) is 0 Å². The molecule has 0 aromatic carbocycles. The summed E-state index contributed by atoms with van der Waals surface area (Å²) in [4.78, 5) is 11.9. The molecule has 0 aliphatic rings. The van der Waals surface area contributed by atoms with E-state index in [4.69, 9.17) is 10.9 Å². The van der Waals surface area contributed by atoms with Gasteiger partial charge >= 0.3 is 0 Å². The van der Waals surface area contributed by atoms with Crippen LogP contribution in [0.1, 0.15) is 47.0 Å². The molecule has 4 N–H and O–H groups in total. The number of oxime groups is 1. The minimum atomic E-state index is -0.553. The van der Waals surface area contributed by atoms with Crippen molar-refractivity contribution in [2.45, 2.75) is 52.5 Å². The van der Waals surface area contributed by atoms with Gasteiger partial charge in [-0.05, 0) is 26.2 Å². The molecule has 0 saturated carbocycles. The largest absolute Gasteiger partial charge is 0.409 e. The first-order valence-electron chi connectivity index (χ1n) is 5.73. The highest BCUT2D eigenvalue weighted by Gasteiger charge is 2.28. The summed E-state index contributed by atoms with van der Waals surface area (Å²) in [6.45, 7) is 7.86. The molecule has 0 aromatic rings. The molecule has 0 heterocycles. The van der Waals surface area contributed by atoms with Crippen molar-refractivity contribution >= 4 is 11.7 Å². The van der Waals surface area contributed by atoms with Crippen LogP contribution < -0.4 is 11.1 Å². The first kappa shape index (κ1) is 14.7. The van der Waals surface area contributed by atoms with Crippen molar-refractivity contribution < 1.29 is 10.0 Å². The monoisotopic (exact) mass is 229 g/mol. The normalized spacial score (nSPS) is 14.6. The summed E-state index contributed by atoms with van der Waals surface area (Å²) in [5, 5.41) is 14.4. The molecule has 0 rings (SSSR count). The van der Waals surface area contributed by atoms with Crippen molar-refractivity contribution in [1.82, 2.24) is 5.32 Å². The summed E-state index contributed by atoms with van der Waals surface area (Å²) >= 11 is 0. The van der Waals surface area contributed by atoms with E-state index in [1.165, 1.54) is 0 Å². The van der Waals surface area contributed by atoms with E-state index in [1.807, 2.05) is 27.7 Å². The van der Waals surface area contributed by atoms with Crippen LogP contribution in [0.3, 0.4) is 0 Å². The average molecular weight is 229 g/mol. The molecule has 0 aromatic heterocycles. The van der Waals surface area contributed by atoms with Crippen molar-refractivity contribution in [2.75, 3.05) is 0 Å². The number of rotatable bonds is 6. The lowest BCUT2D eigenvalue weighted by atomic mass is 9.93. The fourth-order valence-corrected chi connectivity index (χ4v) is 1.41. The van der Waals surface area contributed by atoms with Crippen LogP contribution in [0.4, 0.5) is 0 Å². The molecule has 0 fully saturated rings. The number of nitrogens with two attached hydrogens (primary N) is 1. The Bertz CT molecular complexity index is 260. The molecular weight excluding hydrogens is 206 g/mol. The second-order valence-corrected chi connectivity index (χ2v) is 4.24. The van der Waals surface area contributed by atoms with Gasteiger partial charge in [-0.25, -0.2) is 0 Å². The zero-order valence-corrected chi connectivity index (χ0v) is 10.6. The summed E-state index contributed by atoms with van der Waals surface area (Å²) in [6, 6.07) is 0. The van der Waals surface area contributed by atoms with Crippen molar-refractivity contribution in [1.29, 1.82) is 0 Å². The molecule has 0 spiro atoms. The molecule has 16 heavy (non-hydrogen) atoms. The molecule has 0 aliphatic heterocycles. The molecule has 5 heteroatoms. The van der Waals surface area contributed by atoms with Crippen LogP contribution in [0.2, 0.25) is 0 Å².